The molecule has 1 aliphatic heterocycles. The number of hydrogen-bond donors (Lipinski definition) is 3. The van der Waals surface area contributed by atoms with Crippen LogP contribution < -0.4 is 10.6 Å². The third-order valence-corrected chi connectivity index (χ3v) is 7.67. The number of halogens is 8. The molecule has 3 heterocycles. The zero-order valence-corrected chi connectivity index (χ0v) is 24.2. The normalized spacial score (nSPS) is 17.9. The van der Waals surface area contributed by atoms with Gasteiger partial charge >= 0.3 is 12.4 Å². The van der Waals surface area contributed by atoms with Crippen molar-refractivity contribution in [3.63, 3.8) is 0 Å². The minimum atomic E-state index is -5.03. The molecule has 16 heteroatoms. The van der Waals surface area contributed by atoms with Crippen molar-refractivity contribution >= 4 is 28.8 Å². The molecule has 1 fully saturated rings. The SMILES string of the molecule is C=C(c1nc(C(=O)NCC(C)(C)O)sc1-c1cnc(NCC(C)(C)C(F)(F)F)cc1C(F)(F)F)N1CC(F)(F)C[C@@H]1C. The fourth-order valence-electron chi connectivity index (χ4n) is 4.06. The lowest BCUT2D eigenvalue weighted by Gasteiger charge is -2.28. The fourth-order valence-corrected chi connectivity index (χ4v) is 5.08. The molecule has 2 aromatic heterocycles. The van der Waals surface area contributed by atoms with Crippen LogP contribution in [0.25, 0.3) is 16.1 Å². The number of thiazole rings is 1. The van der Waals surface area contributed by atoms with Gasteiger partial charge in [0.25, 0.3) is 11.8 Å². The zero-order valence-electron chi connectivity index (χ0n) is 23.4. The maximum Gasteiger partial charge on any atom is 0.417 e. The molecule has 0 spiro atoms. The molecular formula is C26H31F8N5O2S. The summed E-state index contributed by atoms with van der Waals surface area (Å²) in [4.78, 5) is 21.8. The number of nitrogens with one attached hydrogen (secondary N) is 2. The van der Waals surface area contributed by atoms with Crippen LogP contribution in [0.1, 0.15) is 62.1 Å². The Morgan fingerprint density at radius 1 is 1.17 bits per heavy atom. The van der Waals surface area contributed by atoms with E-state index < -0.39 is 77.7 Å². The van der Waals surface area contributed by atoms with Crippen LogP contribution in [0.2, 0.25) is 0 Å². The summed E-state index contributed by atoms with van der Waals surface area (Å²) in [5, 5.41) is 14.3. The molecule has 1 atom stereocenters. The molecule has 2 aromatic rings. The first-order valence-electron chi connectivity index (χ1n) is 12.7. The van der Waals surface area contributed by atoms with Gasteiger partial charge in [-0.1, -0.05) is 6.58 Å². The van der Waals surface area contributed by atoms with Crippen LogP contribution in [0.5, 0.6) is 0 Å². The molecule has 0 unspecified atom stereocenters. The van der Waals surface area contributed by atoms with Gasteiger partial charge in [0.2, 0.25) is 0 Å². The Morgan fingerprint density at radius 2 is 1.79 bits per heavy atom. The number of amides is 1. The topological polar surface area (TPSA) is 90.4 Å². The summed E-state index contributed by atoms with van der Waals surface area (Å²) in [7, 11) is 0. The minimum Gasteiger partial charge on any atom is -0.389 e. The lowest BCUT2D eigenvalue weighted by molar-refractivity contribution is -0.206. The molecule has 3 rings (SSSR count). The van der Waals surface area contributed by atoms with Crippen LogP contribution in [0.4, 0.5) is 40.9 Å². The van der Waals surface area contributed by atoms with Gasteiger partial charge in [0.1, 0.15) is 11.5 Å². The van der Waals surface area contributed by atoms with Crippen molar-refractivity contribution in [3.05, 3.63) is 35.1 Å². The van der Waals surface area contributed by atoms with Gasteiger partial charge in [0, 0.05) is 37.3 Å². The van der Waals surface area contributed by atoms with E-state index in [-0.39, 0.29) is 27.8 Å². The molecule has 42 heavy (non-hydrogen) atoms. The van der Waals surface area contributed by atoms with E-state index in [1.807, 2.05) is 0 Å². The highest BCUT2D eigenvalue weighted by atomic mass is 32.1. The van der Waals surface area contributed by atoms with Gasteiger partial charge < -0.3 is 20.6 Å². The van der Waals surface area contributed by atoms with Gasteiger partial charge in [0.05, 0.1) is 33.7 Å². The molecule has 0 radical (unpaired) electrons. The summed E-state index contributed by atoms with van der Waals surface area (Å²) in [6.07, 6.45) is -9.43. The van der Waals surface area contributed by atoms with Crippen LogP contribution in [0.15, 0.2) is 18.8 Å². The van der Waals surface area contributed by atoms with Crippen molar-refractivity contribution in [1.29, 1.82) is 0 Å². The third kappa shape index (κ3) is 7.68. The van der Waals surface area contributed by atoms with Crippen molar-refractivity contribution in [2.45, 2.75) is 71.0 Å². The van der Waals surface area contributed by atoms with Crippen LogP contribution in [0, 0.1) is 5.41 Å². The maximum atomic E-state index is 14.3. The first-order chi connectivity index (χ1) is 18.9. The number of aliphatic hydroxyl groups is 1. The molecule has 1 aliphatic rings. The van der Waals surface area contributed by atoms with Crippen molar-refractivity contribution in [2.75, 3.05) is 25.0 Å². The van der Waals surface area contributed by atoms with E-state index in [0.29, 0.717) is 17.4 Å². The molecule has 0 aromatic carbocycles. The van der Waals surface area contributed by atoms with Crippen LogP contribution in [-0.4, -0.2) is 69.3 Å². The zero-order chi connectivity index (χ0) is 32.1. The molecule has 0 saturated carbocycles. The molecule has 3 N–H and O–H groups in total. The van der Waals surface area contributed by atoms with Gasteiger partial charge in [-0.05, 0) is 40.7 Å². The molecule has 0 aliphatic carbocycles. The first kappa shape index (κ1) is 33.5. The Hall–Kier alpha value is -3.01. The Balaban J connectivity index is 2.11. The van der Waals surface area contributed by atoms with Gasteiger partial charge in [-0.25, -0.2) is 18.7 Å². The third-order valence-electron chi connectivity index (χ3n) is 6.58. The summed E-state index contributed by atoms with van der Waals surface area (Å²) >= 11 is 0.528. The highest BCUT2D eigenvalue weighted by molar-refractivity contribution is 7.17. The number of carbonyl (C=O) groups excluding carboxylic acids is 1. The maximum absolute atomic E-state index is 14.3. The van der Waals surface area contributed by atoms with Crippen LogP contribution in [-0.2, 0) is 6.18 Å². The number of alkyl halides is 8. The van der Waals surface area contributed by atoms with Crippen molar-refractivity contribution in [2.24, 2.45) is 5.41 Å². The summed E-state index contributed by atoms with van der Waals surface area (Å²) in [5.41, 5.74) is -5.88. The molecule has 0 bridgehead atoms. The second-order valence-corrected chi connectivity index (χ2v) is 12.5. The monoisotopic (exact) mass is 629 g/mol. The van der Waals surface area contributed by atoms with E-state index >= 15 is 0 Å². The average Bonchev–Trinajstić information content (AvgIpc) is 3.39. The van der Waals surface area contributed by atoms with E-state index in [9.17, 15) is 45.0 Å². The number of hydrogen-bond acceptors (Lipinski definition) is 7. The Labute approximate surface area is 241 Å². The van der Waals surface area contributed by atoms with Gasteiger partial charge in [-0.2, -0.15) is 26.3 Å². The number of aromatic nitrogens is 2. The second-order valence-electron chi connectivity index (χ2n) is 11.5. The van der Waals surface area contributed by atoms with Gasteiger partial charge in [-0.15, -0.1) is 11.3 Å². The second kappa shape index (κ2) is 11.2. The first-order valence-corrected chi connectivity index (χ1v) is 13.5. The average molecular weight is 630 g/mol. The van der Waals surface area contributed by atoms with Crippen molar-refractivity contribution in [3.8, 4) is 10.4 Å². The Bertz CT molecular complexity index is 1330. The minimum absolute atomic E-state index is 0.144. The van der Waals surface area contributed by atoms with E-state index in [2.05, 4.69) is 27.2 Å². The van der Waals surface area contributed by atoms with Crippen LogP contribution >= 0.6 is 11.3 Å². The fraction of sp³-hybridized carbons (Fsp3) is 0.577. The standard InChI is InChI=1S/C26H31F8N5O2S/c1-13-8-24(27,28)12-39(13)14(2)18-19(42-21(38-18)20(40)37-11-23(5,6)41)15-9-35-17(7-16(15)25(29,30)31)36-10-22(3,4)26(32,33)34/h7,9,13,41H,2,8,10-12H2,1,3-6H3,(H,35,36)(H,37,40)/t13-/m0/s1. The largest absolute Gasteiger partial charge is 0.417 e. The number of carbonyl (C=O) groups is 1. The van der Waals surface area contributed by atoms with E-state index in [0.717, 1.165) is 20.0 Å². The van der Waals surface area contributed by atoms with Crippen molar-refractivity contribution < 1.29 is 45.0 Å². The summed E-state index contributed by atoms with van der Waals surface area (Å²) in [6.45, 7) is 8.10. The molecule has 234 valence electrons. The lowest BCUT2D eigenvalue weighted by atomic mass is 9.93. The van der Waals surface area contributed by atoms with E-state index in [1.54, 1.807) is 0 Å². The molecule has 7 nitrogen and oxygen atoms in total. The van der Waals surface area contributed by atoms with E-state index in [1.165, 1.54) is 25.7 Å². The predicted molar refractivity (Wildman–Crippen MR) is 142 cm³/mol. The van der Waals surface area contributed by atoms with E-state index in [4.69, 9.17) is 0 Å². The summed E-state index contributed by atoms with van der Waals surface area (Å²) in [6, 6.07) is -0.215. The Morgan fingerprint density at radius 3 is 2.29 bits per heavy atom. The highest BCUT2D eigenvalue weighted by Crippen LogP contribution is 2.45. The predicted octanol–water partition coefficient (Wildman–Crippen LogP) is 6.43. The quantitative estimate of drug-likeness (QED) is 0.277. The number of nitrogens with zero attached hydrogens (tertiary/aromatic N) is 3. The number of pyridine rings is 1. The number of anilines is 1. The Kier molecular flexibility index (Phi) is 8.97. The van der Waals surface area contributed by atoms with Crippen molar-refractivity contribution in [1.82, 2.24) is 20.2 Å². The van der Waals surface area contributed by atoms with Crippen LogP contribution in [0.3, 0.4) is 0 Å². The van der Waals surface area contributed by atoms with Gasteiger partial charge in [0.15, 0.2) is 5.01 Å². The molecule has 1 saturated heterocycles. The summed E-state index contributed by atoms with van der Waals surface area (Å²) < 4.78 is 111. The molecule has 1 amide bonds. The summed E-state index contributed by atoms with van der Waals surface area (Å²) in [5.74, 6) is -4.41. The van der Waals surface area contributed by atoms with Gasteiger partial charge in [-0.3, -0.25) is 4.79 Å². The number of likely N-dealkylation sites (tertiary alicyclic amines) is 1. The highest BCUT2D eigenvalue weighted by Gasteiger charge is 2.47. The lowest BCUT2D eigenvalue weighted by Crippen LogP contribution is -2.38. The number of rotatable bonds is 9. The molecular weight excluding hydrogens is 598 g/mol. The smallest absolute Gasteiger partial charge is 0.389 e.